The fourth-order valence-corrected chi connectivity index (χ4v) is 2.49. The molecule has 2 heterocycles. The van der Waals surface area contributed by atoms with Gasteiger partial charge in [0.05, 0.1) is 0 Å². The topological polar surface area (TPSA) is 66.2 Å². The zero-order chi connectivity index (χ0) is 14.8. The van der Waals surface area contributed by atoms with Crippen LogP contribution in [0.5, 0.6) is 5.75 Å². The lowest BCUT2D eigenvalue weighted by atomic mass is 10.2. The number of fused-ring (bicyclic) bond motifs is 1. The Morgan fingerprint density at radius 2 is 2.29 bits per heavy atom. The van der Waals surface area contributed by atoms with E-state index in [1.54, 1.807) is 12.1 Å². The molecule has 1 atom stereocenters. The van der Waals surface area contributed by atoms with Gasteiger partial charge in [-0.2, -0.15) is 8.78 Å². The SMILES string of the molecule is O=C(NC1CCNC1)c1cc2c(OC(F)F)cccc2[nH]1. The minimum Gasteiger partial charge on any atom is -0.434 e. The quantitative estimate of drug-likeness (QED) is 0.806. The molecule has 1 saturated heterocycles. The van der Waals surface area contributed by atoms with Crippen molar-refractivity contribution >= 4 is 16.8 Å². The number of aromatic nitrogens is 1. The van der Waals surface area contributed by atoms with Crippen LogP contribution < -0.4 is 15.4 Å². The highest BCUT2D eigenvalue weighted by Crippen LogP contribution is 2.27. The summed E-state index contributed by atoms with van der Waals surface area (Å²) in [6, 6.07) is 6.39. The summed E-state index contributed by atoms with van der Waals surface area (Å²) in [7, 11) is 0. The summed E-state index contributed by atoms with van der Waals surface area (Å²) in [5.74, 6) is -0.191. The number of rotatable bonds is 4. The van der Waals surface area contributed by atoms with Crippen molar-refractivity contribution < 1.29 is 18.3 Å². The average Bonchev–Trinajstić information content (AvgIpc) is 3.06. The number of halogens is 2. The monoisotopic (exact) mass is 295 g/mol. The molecular formula is C14H15F2N3O2. The first-order valence-electron chi connectivity index (χ1n) is 6.71. The van der Waals surface area contributed by atoms with E-state index in [9.17, 15) is 13.6 Å². The summed E-state index contributed by atoms with van der Waals surface area (Å²) in [4.78, 5) is 15.1. The summed E-state index contributed by atoms with van der Waals surface area (Å²) >= 11 is 0. The molecule has 7 heteroatoms. The van der Waals surface area contributed by atoms with E-state index < -0.39 is 6.61 Å². The number of hydrogen-bond acceptors (Lipinski definition) is 3. The number of benzene rings is 1. The van der Waals surface area contributed by atoms with Crippen LogP contribution in [0.1, 0.15) is 16.9 Å². The van der Waals surface area contributed by atoms with Crippen LogP contribution in [0.25, 0.3) is 10.9 Å². The molecular weight excluding hydrogens is 280 g/mol. The molecule has 0 aliphatic carbocycles. The van der Waals surface area contributed by atoms with E-state index in [1.807, 2.05) is 0 Å². The van der Waals surface area contributed by atoms with E-state index in [0.717, 1.165) is 19.5 Å². The van der Waals surface area contributed by atoms with E-state index in [1.165, 1.54) is 12.1 Å². The van der Waals surface area contributed by atoms with Gasteiger partial charge in [0.25, 0.3) is 5.91 Å². The van der Waals surface area contributed by atoms with Crippen molar-refractivity contribution in [1.82, 2.24) is 15.6 Å². The van der Waals surface area contributed by atoms with Crippen LogP contribution in [0.4, 0.5) is 8.78 Å². The molecule has 3 rings (SSSR count). The normalized spacial score (nSPS) is 18.3. The Hall–Kier alpha value is -2.15. The maximum Gasteiger partial charge on any atom is 0.387 e. The van der Waals surface area contributed by atoms with Crippen molar-refractivity contribution in [2.24, 2.45) is 0 Å². The Labute approximate surface area is 119 Å². The van der Waals surface area contributed by atoms with Gasteiger partial charge in [-0.25, -0.2) is 0 Å². The van der Waals surface area contributed by atoms with Gasteiger partial charge in [-0.3, -0.25) is 4.79 Å². The summed E-state index contributed by atoms with van der Waals surface area (Å²) < 4.78 is 29.2. The van der Waals surface area contributed by atoms with Crippen molar-refractivity contribution in [2.75, 3.05) is 13.1 Å². The van der Waals surface area contributed by atoms with Gasteiger partial charge >= 0.3 is 6.61 Å². The van der Waals surface area contributed by atoms with Crippen LogP contribution in [0.3, 0.4) is 0 Å². The molecule has 1 aliphatic rings. The van der Waals surface area contributed by atoms with Gasteiger partial charge in [-0.05, 0) is 31.2 Å². The Morgan fingerprint density at radius 3 is 3.00 bits per heavy atom. The molecule has 0 spiro atoms. The van der Waals surface area contributed by atoms with Crippen LogP contribution in [-0.4, -0.2) is 36.6 Å². The van der Waals surface area contributed by atoms with Gasteiger partial charge in [0.1, 0.15) is 11.4 Å². The molecule has 5 nitrogen and oxygen atoms in total. The third-order valence-electron chi connectivity index (χ3n) is 3.48. The van der Waals surface area contributed by atoms with Crippen LogP contribution in [-0.2, 0) is 0 Å². The fraction of sp³-hybridized carbons (Fsp3) is 0.357. The van der Waals surface area contributed by atoms with Gasteiger partial charge in [0.2, 0.25) is 0 Å². The van der Waals surface area contributed by atoms with Crippen LogP contribution in [0.2, 0.25) is 0 Å². The van der Waals surface area contributed by atoms with E-state index >= 15 is 0 Å². The number of amides is 1. The largest absolute Gasteiger partial charge is 0.434 e. The predicted octanol–water partition coefficient (Wildman–Crippen LogP) is 1.86. The number of ether oxygens (including phenoxy) is 1. The number of nitrogens with one attached hydrogen (secondary N) is 3. The Kier molecular flexibility index (Phi) is 3.74. The minimum atomic E-state index is -2.90. The minimum absolute atomic E-state index is 0.0559. The number of alkyl halides is 2. The number of carbonyl (C=O) groups excluding carboxylic acids is 1. The third kappa shape index (κ3) is 2.97. The molecule has 112 valence electrons. The molecule has 1 unspecified atom stereocenters. The Balaban J connectivity index is 1.84. The maximum atomic E-state index is 12.4. The molecule has 1 fully saturated rings. The summed E-state index contributed by atoms with van der Waals surface area (Å²) in [6.07, 6.45) is 0.881. The van der Waals surface area contributed by atoms with Gasteiger partial charge in [0.15, 0.2) is 0 Å². The highest BCUT2D eigenvalue weighted by molar-refractivity contribution is 5.99. The zero-order valence-corrected chi connectivity index (χ0v) is 11.2. The number of aromatic amines is 1. The number of H-pyrrole nitrogens is 1. The predicted molar refractivity (Wildman–Crippen MR) is 73.7 cm³/mol. The highest BCUT2D eigenvalue weighted by atomic mass is 19.3. The molecule has 3 N–H and O–H groups in total. The van der Waals surface area contributed by atoms with Crippen molar-refractivity contribution in [3.63, 3.8) is 0 Å². The van der Waals surface area contributed by atoms with Crippen molar-refractivity contribution in [1.29, 1.82) is 0 Å². The van der Waals surface area contributed by atoms with Crippen molar-refractivity contribution in [2.45, 2.75) is 19.1 Å². The highest BCUT2D eigenvalue weighted by Gasteiger charge is 2.19. The Morgan fingerprint density at radius 1 is 1.43 bits per heavy atom. The fourth-order valence-electron chi connectivity index (χ4n) is 2.49. The van der Waals surface area contributed by atoms with Crippen LogP contribution in [0, 0.1) is 0 Å². The summed E-state index contributed by atoms with van der Waals surface area (Å²) in [5.41, 5.74) is 0.921. The smallest absolute Gasteiger partial charge is 0.387 e. The average molecular weight is 295 g/mol. The van der Waals surface area contributed by atoms with E-state index in [4.69, 9.17) is 0 Å². The molecule has 0 saturated carbocycles. The van der Waals surface area contributed by atoms with Gasteiger partial charge in [0, 0.05) is 23.5 Å². The zero-order valence-electron chi connectivity index (χ0n) is 11.2. The molecule has 0 radical (unpaired) electrons. The molecule has 21 heavy (non-hydrogen) atoms. The van der Waals surface area contributed by atoms with Gasteiger partial charge in [-0.1, -0.05) is 6.07 Å². The lowest BCUT2D eigenvalue weighted by Crippen LogP contribution is -2.36. The summed E-state index contributed by atoms with van der Waals surface area (Å²) in [5, 5.41) is 6.52. The number of hydrogen-bond donors (Lipinski definition) is 3. The standard InChI is InChI=1S/C14H15F2N3O2/c15-14(16)21-12-3-1-2-10-9(12)6-11(19-10)13(20)18-8-4-5-17-7-8/h1-3,6,8,14,17,19H,4-5,7H2,(H,18,20). The lowest BCUT2D eigenvalue weighted by molar-refractivity contribution is -0.0487. The van der Waals surface area contributed by atoms with Crippen molar-refractivity contribution in [3.8, 4) is 5.75 Å². The van der Waals surface area contributed by atoms with Crippen molar-refractivity contribution in [3.05, 3.63) is 30.0 Å². The molecule has 0 bridgehead atoms. The lowest BCUT2D eigenvalue weighted by Gasteiger charge is -2.09. The number of carbonyl (C=O) groups is 1. The van der Waals surface area contributed by atoms with Gasteiger partial charge < -0.3 is 20.4 Å². The first-order chi connectivity index (χ1) is 10.1. The van der Waals surface area contributed by atoms with E-state index in [2.05, 4.69) is 20.4 Å². The molecule has 1 aromatic heterocycles. The second-order valence-corrected chi connectivity index (χ2v) is 4.94. The maximum absolute atomic E-state index is 12.4. The van der Waals surface area contributed by atoms with Crippen LogP contribution in [0.15, 0.2) is 24.3 Å². The molecule has 1 amide bonds. The first kappa shape index (κ1) is 13.8. The first-order valence-corrected chi connectivity index (χ1v) is 6.71. The second-order valence-electron chi connectivity index (χ2n) is 4.94. The Bertz CT molecular complexity index is 651. The second kappa shape index (κ2) is 5.69. The molecule has 1 aliphatic heterocycles. The third-order valence-corrected chi connectivity index (χ3v) is 3.48. The van der Waals surface area contributed by atoms with E-state index in [0.29, 0.717) is 16.6 Å². The molecule has 2 aromatic rings. The van der Waals surface area contributed by atoms with Gasteiger partial charge in [-0.15, -0.1) is 0 Å². The van der Waals surface area contributed by atoms with Crippen LogP contribution >= 0.6 is 0 Å². The molecule has 1 aromatic carbocycles. The summed E-state index contributed by atoms with van der Waals surface area (Å²) in [6.45, 7) is -1.28. The van der Waals surface area contributed by atoms with E-state index in [-0.39, 0.29) is 17.7 Å².